The van der Waals surface area contributed by atoms with Crippen molar-refractivity contribution in [3.05, 3.63) is 23.8 Å². The molecule has 5 N–H and O–H groups in total. The molecule has 0 radical (unpaired) electrons. The topological polar surface area (TPSA) is 90.0 Å². The molecule has 0 aliphatic carbocycles. The first-order chi connectivity index (χ1) is 10.1. The number of rotatable bonds is 12. The second kappa shape index (κ2) is 13.0. The third kappa shape index (κ3) is 9.77. The van der Waals surface area contributed by atoms with Gasteiger partial charge in [-0.3, -0.25) is 4.90 Å². The molecule has 21 heavy (non-hydrogen) atoms. The molecule has 5 nitrogen and oxygen atoms in total. The smallest absolute Gasteiger partial charge is 0.0897 e. The third-order valence-electron chi connectivity index (χ3n) is 3.31. The van der Waals surface area contributed by atoms with Crippen molar-refractivity contribution < 1.29 is 15.3 Å². The molecule has 0 aromatic heterocycles. The number of aliphatic hydroxyl groups is 3. The molecule has 0 heterocycles. The van der Waals surface area contributed by atoms with Gasteiger partial charge in [0.25, 0.3) is 0 Å². The Bertz CT molecular complexity index is 306. The average Bonchev–Trinajstić information content (AvgIpc) is 2.46. The first-order valence-electron chi connectivity index (χ1n) is 7.79. The van der Waals surface area contributed by atoms with Gasteiger partial charge in [-0.2, -0.15) is 0 Å². The van der Waals surface area contributed by atoms with Crippen LogP contribution in [-0.4, -0.2) is 65.2 Å². The molecule has 0 spiro atoms. The van der Waals surface area contributed by atoms with Crippen molar-refractivity contribution in [1.82, 2.24) is 4.90 Å². The Morgan fingerprint density at radius 1 is 1.29 bits per heavy atom. The largest absolute Gasteiger partial charge is 0.395 e. The molecule has 0 bridgehead atoms. The van der Waals surface area contributed by atoms with Crippen molar-refractivity contribution >= 4 is 0 Å². The van der Waals surface area contributed by atoms with Crippen LogP contribution in [0.3, 0.4) is 0 Å². The number of hydrogen-bond acceptors (Lipinski definition) is 5. The lowest BCUT2D eigenvalue weighted by Crippen LogP contribution is -2.37. The van der Waals surface area contributed by atoms with Gasteiger partial charge in [-0.25, -0.2) is 0 Å². The van der Waals surface area contributed by atoms with E-state index in [0.717, 1.165) is 31.4 Å². The molecular formula is C16H32N2O3. The van der Waals surface area contributed by atoms with Gasteiger partial charge < -0.3 is 21.1 Å². The minimum absolute atomic E-state index is 0.0138. The minimum atomic E-state index is -0.760. The molecule has 0 aromatic carbocycles. The highest BCUT2D eigenvalue weighted by molar-refractivity contribution is 5.23. The zero-order valence-electron chi connectivity index (χ0n) is 13.4. The molecule has 0 aliphatic rings. The molecule has 0 aliphatic heterocycles. The van der Waals surface area contributed by atoms with Gasteiger partial charge >= 0.3 is 0 Å². The molecule has 0 aromatic rings. The Hall–Kier alpha value is -0.720. The maximum atomic E-state index is 9.48. The lowest BCUT2D eigenvalue weighted by molar-refractivity contribution is 0.0529. The van der Waals surface area contributed by atoms with E-state index < -0.39 is 6.10 Å². The third-order valence-corrected chi connectivity index (χ3v) is 3.31. The quantitative estimate of drug-likeness (QED) is 0.397. The number of hydrogen-bond donors (Lipinski definition) is 4. The highest BCUT2D eigenvalue weighted by Gasteiger charge is 2.12. The minimum Gasteiger partial charge on any atom is -0.395 e. The summed E-state index contributed by atoms with van der Waals surface area (Å²) in [5.74, 6) is 0. The fourth-order valence-corrected chi connectivity index (χ4v) is 2.26. The summed E-state index contributed by atoms with van der Waals surface area (Å²) in [6, 6.07) is 0.0138. The second-order valence-electron chi connectivity index (χ2n) is 5.22. The zero-order chi connectivity index (χ0) is 16.1. The fourth-order valence-electron chi connectivity index (χ4n) is 2.26. The SMILES string of the molecule is CC=CC(=CCC)C(N)CCCN(CCO)CC(O)CO. The van der Waals surface area contributed by atoms with Gasteiger partial charge in [0.1, 0.15) is 0 Å². The summed E-state index contributed by atoms with van der Waals surface area (Å²) in [7, 11) is 0. The number of nitrogens with two attached hydrogens (primary N) is 1. The van der Waals surface area contributed by atoms with Gasteiger partial charge in [0, 0.05) is 19.1 Å². The van der Waals surface area contributed by atoms with Crippen LogP contribution in [0, 0.1) is 0 Å². The Morgan fingerprint density at radius 2 is 2.00 bits per heavy atom. The highest BCUT2D eigenvalue weighted by Crippen LogP contribution is 2.10. The molecule has 5 heteroatoms. The van der Waals surface area contributed by atoms with Crippen LogP contribution in [0.2, 0.25) is 0 Å². The number of nitrogens with zero attached hydrogens (tertiary/aromatic N) is 1. The van der Waals surface area contributed by atoms with Crippen molar-refractivity contribution in [1.29, 1.82) is 0 Å². The van der Waals surface area contributed by atoms with Crippen molar-refractivity contribution in [2.24, 2.45) is 5.73 Å². The van der Waals surface area contributed by atoms with Gasteiger partial charge in [-0.15, -0.1) is 0 Å². The van der Waals surface area contributed by atoms with Gasteiger partial charge in [0.2, 0.25) is 0 Å². The van der Waals surface area contributed by atoms with E-state index in [1.165, 1.54) is 0 Å². The van der Waals surface area contributed by atoms with Crippen LogP contribution >= 0.6 is 0 Å². The van der Waals surface area contributed by atoms with Crippen LogP contribution in [-0.2, 0) is 0 Å². The van der Waals surface area contributed by atoms with E-state index in [1.807, 2.05) is 17.9 Å². The van der Waals surface area contributed by atoms with Crippen molar-refractivity contribution in [2.75, 3.05) is 32.8 Å². The molecule has 124 valence electrons. The van der Waals surface area contributed by atoms with Crippen molar-refractivity contribution in [3.8, 4) is 0 Å². The average molecular weight is 300 g/mol. The summed E-state index contributed by atoms with van der Waals surface area (Å²) in [5, 5.41) is 27.4. The van der Waals surface area contributed by atoms with E-state index in [9.17, 15) is 5.11 Å². The van der Waals surface area contributed by atoms with Gasteiger partial charge in [0.15, 0.2) is 0 Å². The molecular weight excluding hydrogens is 268 g/mol. The maximum Gasteiger partial charge on any atom is 0.0897 e. The summed E-state index contributed by atoms with van der Waals surface area (Å²) in [5.41, 5.74) is 7.36. The van der Waals surface area contributed by atoms with Gasteiger partial charge in [0.05, 0.1) is 19.3 Å². The van der Waals surface area contributed by atoms with E-state index in [1.54, 1.807) is 0 Å². The van der Waals surface area contributed by atoms with Gasteiger partial charge in [-0.1, -0.05) is 25.2 Å². The van der Waals surface area contributed by atoms with Crippen LogP contribution in [0.1, 0.15) is 33.1 Å². The summed E-state index contributed by atoms with van der Waals surface area (Å²) in [6.45, 7) is 5.49. The van der Waals surface area contributed by atoms with Crippen LogP contribution in [0.15, 0.2) is 23.8 Å². The van der Waals surface area contributed by atoms with Crippen LogP contribution in [0.5, 0.6) is 0 Å². The van der Waals surface area contributed by atoms with Crippen LogP contribution in [0.25, 0.3) is 0 Å². The number of aliphatic hydroxyl groups excluding tert-OH is 3. The van der Waals surface area contributed by atoms with E-state index in [0.29, 0.717) is 13.1 Å². The summed E-state index contributed by atoms with van der Waals surface area (Å²) in [4.78, 5) is 1.95. The van der Waals surface area contributed by atoms with E-state index >= 15 is 0 Å². The summed E-state index contributed by atoms with van der Waals surface area (Å²) in [6.07, 6.45) is 8.14. The first kappa shape index (κ1) is 20.3. The molecule has 0 fully saturated rings. The predicted molar refractivity (Wildman–Crippen MR) is 87.0 cm³/mol. The molecule has 2 atom stereocenters. The van der Waals surface area contributed by atoms with E-state index in [-0.39, 0.29) is 19.3 Å². The summed E-state index contributed by atoms with van der Waals surface area (Å²) < 4.78 is 0. The lowest BCUT2D eigenvalue weighted by atomic mass is 10.0. The molecule has 0 rings (SSSR count). The van der Waals surface area contributed by atoms with Crippen molar-refractivity contribution in [2.45, 2.75) is 45.3 Å². The van der Waals surface area contributed by atoms with E-state index in [2.05, 4.69) is 19.1 Å². The zero-order valence-corrected chi connectivity index (χ0v) is 13.4. The summed E-state index contributed by atoms with van der Waals surface area (Å²) >= 11 is 0. The monoisotopic (exact) mass is 300 g/mol. The fraction of sp³-hybridized carbons (Fsp3) is 0.750. The van der Waals surface area contributed by atoms with Crippen LogP contribution < -0.4 is 5.73 Å². The standard InChI is InChI=1S/C16H32N2O3/c1-3-6-14(7-4-2)16(17)8-5-9-18(10-11-19)12-15(21)13-20/h3,6-7,15-16,19-21H,4-5,8-13,17H2,1-2H3. The molecule has 0 saturated carbocycles. The van der Waals surface area contributed by atoms with Crippen LogP contribution in [0.4, 0.5) is 0 Å². The molecule has 0 amide bonds. The van der Waals surface area contributed by atoms with E-state index in [4.69, 9.17) is 15.9 Å². The maximum absolute atomic E-state index is 9.48. The predicted octanol–water partition coefficient (Wildman–Crippen LogP) is 0.654. The van der Waals surface area contributed by atoms with Gasteiger partial charge in [-0.05, 0) is 38.3 Å². The molecule has 2 unspecified atom stereocenters. The lowest BCUT2D eigenvalue weighted by Gasteiger charge is -2.24. The Labute approximate surface area is 128 Å². The first-order valence-corrected chi connectivity index (χ1v) is 7.79. The second-order valence-corrected chi connectivity index (χ2v) is 5.22. The van der Waals surface area contributed by atoms with Crippen molar-refractivity contribution in [3.63, 3.8) is 0 Å². The normalized spacial score (nSPS) is 15.9. The Balaban J connectivity index is 4.25. The Kier molecular flexibility index (Phi) is 12.5. The molecule has 0 saturated heterocycles. The number of allylic oxidation sites excluding steroid dienone is 2. The highest BCUT2D eigenvalue weighted by atomic mass is 16.3. The Morgan fingerprint density at radius 3 is 2.52 bits per heavy atom.